The van der Waals surface area contributed by atoms with Crippen molar-refractivity contribution in [2.45, 2.75) is 0 Å². The summed E-state index contributed by atoms with van der Waals surface area (Å²) < 4.78 is 18.3. The van der Waals surface area contributed by atoms with Gasteiger partial charge < -0.3 is 4.42 Å². The molecule has 8 heteroatoms. The lowest BCUT2D eigenvalue weighted by atomic mass is 10.2. The second-order valence-corrected chi connectivity index (χ2v) is 5.57. The predicted octanol–water partition coefficient (Wildman–Crippen LogP) is 0.716. The number of carbonyl (C=O) groups is 1. The summed E-state index contributed by atoms with van der Waals surface area (Å²) in [6.45, 7) is 0. The Labute approximate surface area is 145 Å². The normalized spacial score (nSPS) is 11.5. The average Bonchev–Trinajstić information content (AvgIpc) is 2.59. The van der Waals surface area contributed by atoms with Crippen molar-refractivity contribution in [3.63, 3.8) is 0 Å². The summed E-state index contributed by atoms with van der Waals surface area (Å²) in [6.07, 6.45) is 0. The largest absolute Gasteiger partial charge is 0.422 e. The van der Waals surface area contributed by atoms with Crippen LogP contribution in [0.2, 0.25) is 5.02 Å². The Morgan fingerprint density at radius 3 is 2.76 bits per heavy atom. The van der Waals surface area contributed by atoms with Gasteiger partial charge in [-0.15, -0.1) is 0 Å². The lowest BCUT2D eigenvalue weighted by Crippen LogP contribution is -2.86. The number of hydrazine groups is 1. The Bertz CT molecular complexity index is 1060. The zero-order valence-electron chi connectivity index (χ0n) is 12.7. The highest BCUT2D eigenvalue weighted by Gasteiger charge is 2.15. The third-order valence-electron chi connectivity index (χ3n) is 3.38. The fourth-order valence-corrected chi connectivity index (χ4v) is 2.36. The van der Waals surface area contributed by atoms with E-state index < -0.39 is 17.3 Å². The van der Waals surface area contributed by atoms with Crippen molar-refractivity contribution in [3.05, 3.63) is 80.9 Å². The lowest BCUT2D eigenvalue weighted by Gasteiger charge is -2.01. The second kappa shape index (κ2) is 6.74. The standard InChI is InChI=1S/C17H11ClFN3O3/c18-11-4-5-14-10(6-11)8-13(17(24)25-14)15(20)21-22-16(23)9-2-1-3-12(19)7-9/h1-8H,(H2,20,21)(H,22,23)/p+1. The van der Waals surface area contributed by atoms with E-state index in [1.807, 2.05) is 0 Å². The van der Waals surface area contributed by atoms with Crippen LogP contribution >= 0.6 is 11.6 Å². The Hall–Kier alpha value is -3.19. The van der Waals surface area contributed by atoms with Crippen LogP contribution in [0.25, 0.3) is 11.0 Å². The van der Waals surface area contributed by atoms with E-state index in [0.29, 0.717) is 16.0 Å². The first kappa shape index (κ1) is 16.7. The first-order valence-electron chi connectivity index (χ1n) is 7.12. The summed E-state index contributed by atoms with van der Waals surface area (Å²) >= 11 is 5.91. The second-order valence-electron chi connectivity index (χ2n) is 5.13. The Morgan fingerprint density at radius 2 is 2.00 bits per heavy atom. The van der Waals surface area contributed by atoms with Gasteiger partial charge in [-0.05, 0) is 42.5 Å². The minimum absolute atomic E-state index is 0.0225. The topological polar surface area (TPSA) is 99.3 Å². The molecule has 3 aromatic rings. The van der Waals surface area contributed by atoms with Gasteiger partial charge in [-0.1, -0.05) is 17.7 Å². The number of hydrogen-bond donors (Lipinski definition) is 3. The van der Waals surface area contributed by atoms with Crippen LogP contribution in [-0.4, -0.2) is 11.7 Å². The average molecular weight is 361 g/mol. The van der Waals surface area contributed by atoms with Crippen molar-refractivity contribution < 1.29 is 18.7 Å². The van der Waals surface area contributed by atoms with E-state index in [2.05, 4.69) is 10.5 Å². The van der Waals surface area contributed by atoms with Crippen LogP contribution in [0.15, 0.2) is 57.7 Å². The van der Waals surface area contributed by atoms with Crippen LogP contribution in [0.4, 0.5) is 4.39 Å². The van der Waals surface area contributed by atoms with E-state index in [4.69, 9.17) is 21.8 Å². The summed E-state index contributed by atoms with van der Waals surface area (Å²) in [5, 5.41) is 3.46. The fourth-order valence-electron chi connectivity index (χ4n) is 2.18. The van der Waals surface area contributed by atoms with E-state index in [-0.39, 0.29) is 17.0 Å². The maximum absolute atomic E-state index is 13.1. The molecule has 0 saturated carbocycles. The van der Waals surface area contributed by atoms with Gasteiger partial charge in [-0.2, -0.15) is 10.5 Å². The molecule has 126 valence electrons. The number of nitrogens with one attached hydrogen (secondary N) is 2. The SMILES string of the molecule is NC(=[NH+]NC(=O)c1cccc(F)c1)c1cc2cc(Cl)ccc2oc1=O. The maximum Gasteiger partial charge on any atom is 0.352 e. The van der Waals surface area contributed by atoms with Crippen molar-refractivity contribution in [3.8, 4) is 0 Å². The number of benzene rings is 2. The minimum Gasteiger partial charge on any atom is -0.422 e. The molecular formula is C17H12ClFN3O3+. The monoisotopic (exact) mass is 360 g/mol. The molecule has 0 spiro atoms. The molecule has 0 unspecified atom stereocenters. The molecule has 0 aliphatic carbocycles. The molecule has 4 N–H and O–H groups in total. The van der Waals surface area contributed by atoms with Gasteiger partial charge in [-0.3, -0.25) is 10.5 Å². The van der Waals surface area contributed by atoms with Crippen molar-refractivity contribution in [2.75, 3.05) is 0 Å². The Morgan fingerprint density at radius 1 is 1.20 bits per heavy atom. The highest BCUT2D eigenvalue weighted by atomic mass is 35.5. The molecule has 0 fully saturated rings. The molecule has 25 heavy (non-hydrogen) atoms. The molecule has 1 aromatic heterocycles. The Balaban J connectivity index is 1.89. The molecule has 3 rings (SSSR count). The number of fused-ring (bicyclic) bond motifs is 1. The summed E-state index contributed by atoms with van der Waals surface area (Å²) in [4.78, 5) is 24.0. The maximum atomic E-state index is 13.1. The van der Waals surface area contributed by atoms with Gasteiger partial charge in [0, 0.05) is 16.0 Å². The highest BCUT2D eigenvalue weighted by Crippen LogP contribution is 2.18. The fraction of sp³-hybridized carbons (Fsp3) is 0. The number of hydrazone groups is 1. The van der Waals surface area contributed by atoms with Crippen molar-refractivity contribution in [1.29, 1.82) is 0 Å². The van der Waals surface area contributed by atoms with E-state index in [0.717, 1.165) is 6.07 Å². The Kier molecular flexibility index (Phi) is 4.49. The van der Waals surface area contributed by atoms with E-state index in [1.54, 1.807) is 18.2 Å². The van der Waals surface area contributed by atoms with Crippen molar-refractivity contribution in [2.24, 2.45) is 5.73 Å². The van der Waals surface area contributed by atoms with Crippen LogP contribution in [0.1, 0.15) is 15.9 Å². The number of nitrogen functional groups attached to an aromatic ring is 1. The molecule has 0 atom stereocenters. The lowest BCUT2D eigenvalue weighted by molar-refractivity contribution is -0.508. The first-order valence-corrected chi connectivity index (χ1v) is 7.50. The van der Waals surface area contributed by atoms with E-state index in [1.165, 1.54) is 24.3 Å². The van der Waals surface area contributed by atoms with Gasteiger partial charge in [0.15, 0.2) is 5.56 Å². The van der Waals surface area contributed by atoms with Crippen molar-refractivity contribution >= 4 is 34.3 Å². The molecule has 0 aliphatic rings. The number of carbonyl (C=O) groups excluding carboxylic acids is 1. The van der Waals surface area contributed by atoms with Gasteiger partial charge in [0.1, 0.15) is 11.4 Å². The van der Waals surface area contributed by atoms with Crippen LogP contribution in [0, 0.1) is 5.82 Å². The van der Waals surface area contributed by atoms with E-state index in [9.17, 15) is 14.0 Å². The summed E-state index contributed by atoms with van der Waals surface area (Å²) in [6, 6.07) is 11.4. The quantitative estimate of drug-likeness (QED) is 0.277. The van der Waals surface area contributed by atoms with Crippen LogP contribution in [-0.2, 0) is 0 Å². The van der Waals surface area contributed by atoms with Crippen LogP contribution < -0.4 is 21.9 Å². The number of hydrogen-bond acceptors (Lipinski definition) is 3. The molecule has 0 saturated heterocycles. The summed E-state index contributed by atoms with van der Waals surface area (Å²) in [5.41, 5.74) is 7.88. The van der Waals surface area contributed by atoms with Crippen LogP contribution in [0.5, 0.6) is 0 Å². The van der Waals surface area contributed by atoms with Gasteiger partial charge >= 0.3 is 11.5 Å². The molecule has 1 heterocycles. The third-order valence-corrected chi connectivity index (χ3v) is 3.62. The predicted molar refractivity (Wildman–Crippen MR) is 90.6 cm³/mol. The molecule has 0 radical (unpaired) electrons. The highest BCUT2D eigenvalue weighted by molar-refractivity contribution is 6.31. The van der Waals surface area contributed by atoms with Crippen molar-refractivity contribution in [1.82, 2.24) is 5.43 Å². The smallest absolute Gasteiger partial charge is 0.352 e. The molecule has 2 aromatic carbocycles. The van der Waals surface area contributed by atoms with Gasteiger partial charge in [0.25, 0.3) is 5.91 Å². The van der Waals surface area contributed by atoms with E-state index >= 15 is 0 Å². The number of halogens is 2. The third kappa shape index (κ3) is 3.67. The zero-order chi connectivity index (χ0) is 18.0. The zero-order valence-corrected chi connectivity index (χ0v) is 13.4. The minimum atomic E-state index is -0.681. The van der Waals surface area contributed by atoms with Crippen LogP contribution in [0.3, 0.4) is 0 Å². The number of amidine groups is 1. The molecule has 1 amide bonds. The molecular weight excluding hydrogens is 349 g/mol. The number of amides is 1. The molecule has 0 bridgehead atoms. The van der Waals surface area contributed by atoms with Gasteiger partial charge in [0.05, 0.1) is 0 Å². The summed E-state index contributed by atoms with van der Waals surface area (Å²) in [5.74, 6) is -1.28. The number of rotatable bonds is 3. The van der Waals surface area contributed by atoms with Gasteiger partial charge in [-0.25, -0.2) is 9.18 Å². The van der Waals surface area contributed by atoms with Gasteiger partial charge in [0.2, 0.25) is 0 Å². The molecule has 0 aliphatic heterocycles. The summed E-state index contributed by atoms with van der Waals surface area (Å²) in [7, 11) is 0. The number of nitrogens with two attached hydrogens (primary N) is 1. The first-order chi connectivity index (χ1) is 11.9. The molecule has 6 nitrogen and oxygen atoms in total.